The number of anilines is 1. The minimum absolute atomic E-state index is 0.0846. The average Bonchev–Trinajstić information content (AvgIpc) is 2.68. The first-order valence-corrected chi connectivity index (χ1v) is 9.45. The predicted octanol–water partition coefficient (Wildman–Crippen LogP) is 4.22. The zero-order valence-corrected chi connectivity index (χ0v) is 15.6. The molecule has 1 atom stereocenters. The Bertz CT molecular complexity index is 1020. The molecule has 2 aromatic carbocycles. The minimum Gasteiger partial charge on any atom is -0.478 e. The van der Waals surface area contributed by atoms with Crippen LogP contribution in [0.1, 0.15) is 53.1 Å². The van der Waals surface area contributed by atoms with Crippen LogP contribution in [0.5, 0.6) is 0 Å². The molecule has 0 fully saturated rings. The summed E-state index contributed by atoms with van der Waals surface area (Å²) in [4.78, 5) is 39.0. The van der Waals surface area contributed by atoms with Crippen molar-refractivity contribution in [2.45, 2.75) is 38.5 Å². The smallest absolute Gasteiger partial charge is 0.335 e. The van der Waals surface area contributed by atoms with Gasteiger partial charge in [0.1, 0.15) is 0 Å². The van der Waals surface area contributed by atoms with Gasteiger partial charge in [-0.25, -0.2) is 4.79 Å². The van der Waals surface area contributed by atoms with Crippen LogP contribution >= 0.6 is 0 Å². The van der Waals surface area contributed by atoms with E-state index in [2.05, 4.69) is 0 Å². The van der Waals surface area contributed by atoms with Gasteiger partial charge in [0, 0.05) is 35.7 Å². The molecular weight excluding hydrogens is 354 g/mol. The topological polar surface area (TPSA) is 74.7 Å². The molecule has 1 heterocycles. The Labute approximate surface area is 163 Å². The summed E-state index contributed by atoms with van der Waals surface area (Å²) in [6.45, 7) is 2.00. The molecule has 0 spiro atoms. The lowest BCUT2D eigenvalue weighted by atomic mass is 9.76. The fourth-order valence-electron chi connectivity index (χ4n) is 4.31. The van der Waals surface area contributed by atoms with Gasteiger partial charge in [-0.3, -0.25) is 14.5 Å². The van der Waals surface area contributed by atoms with Crippen molar-refractivity contribution in [2.75, 3.05) is 4.90 Å². The normalized spacial score (nSPS) is 19.6. The molecule has 0 aromatic heterocycles. The highest BCUT2D eigenvalue weighted by Gasteiger charge is 2.40. The SMILES string of the molecule is Cc1ccccc1C1CC(=O)N(c2cccc(C(=O)O)c2)C2=C1C(=O)CCC2. The molecule has 1 aliphatic heterocycles. The van der Waals surface area contributed by atoms with Crippen molar-refractivity contribution in [3.05, 3.63) is 76.5 Å². The third-order valence-corrected chi connectivity index (χ3v) is 5.59. The number of hydrogen-bond donors (Lipinski definition) is 1. The van der Waals surface area contributed by atoms with E-state index in [-0.39, 0.29) is 29.6 Å². The predicted molar refractivity (Wildman–Crippen MR) is 105 cm³/mol. The number of Topliss-reactive ketones (excluding diaryl/α,β-unsaturated/α-hetero) is 1. The molecule has 5 nitrogen and oxygen atoms in total. The van der Waals surface area contributed by atoms with Gasteiger partial charge in [0.2, 0.25) is 5.91 Å². The third-order valence-electron chi connectivity index (χ3n) is 5.59. The summed E-state index contributed by atoms with van der Waals surface area (Å²) in [6.07, 6.45) is 2.01. The summed E-state index contributed by atoms with van der Waals surface area (Å²) in [5, 5.41) is 9.30. The average molecular weight is 375 g/mol. The molecule has 2 aromatic rings. The zero-order chi connectivity index (χ0) is 19.8. The lowest BCUT2D eigenvalue weighted by Crippen LogP contribution is -2.40. The second-order valence-corrected chi connectivity index (χ2v) is 7.34. The van der Waals surface area contributed by atoms with E-state index in [1.165, 1.54) is 12.1 Å². The van der Waals surface area contributed by atoms with Crippen LogP contribution in [0.25, 0.3) is 0 Å². The fraction of sp³-hybridized carbons (Fsp3) is 0.261. The molecule has 28 heavy (non-hydrogen) atoms. The van der Waals surface area contributed by atoms with Crippen LogP contribution in [0, 0.1) is 6.92 Å². The fourth-order valence-corrected chi connectivity index (χ4v) is 4.31. The maximum absolute atomic E-state index is 13.2. The van der Waals surface area contributed by atoms with E-state index >= 15 is 0 Å². The van der Waals surface area contributed by atoms with Gasteiger partial charge in [-0.1, -0.05) is 30.3 Å². The standard InChI is InChI=1S/C23H21NO4/c1-14-6-2-3-9-17(14)18-13-21(26)24(19-10-5-11-20(25)22(18)19)16-8-4-7-15(12-16)23(27)28/h2-4,6-9,12,18H,5,10-11,13H2,1H3,(H,27,28). The van der Waals surface area contributed by atoms with Crippen molar-refractivity contribution < 1.29 is 19.5 Å². The van der Waals surface area contributed by atoms with Gasteiger partial charge in [0.15, 0.2) is 5.78 Å². The van der Waals surface area contributed by atoms with E-state index in [0.29, 0.717) is 30.5 Å². The Morgan fingerprint density at radius 3 is 2.61 bits per heavy atom. The number of carboxylic acids is 1. The second-order valence-electron chi connectivity index (χ2n) is 7.34. The molecule has 0 saturated carbocycles. The maximum Gasteiger partial charge on any atom is 0.335 e. The number of ketones is 1. The van der Waals surface area contributed by atoms with Crippen LogP contribution < -0.4 is 4.90 Å². The highest BCUT2D eigenvalue weighted by Crippen LogP contribution is 2.44. The Hall–Kier alpha value is -3.21. The van der Waals surface area contributed by atoms with Gasteiger partial charge >= 0.3 is 5.97 Å². The van der Waals surface area contributed by atoms with Crippen molar-refractivity contribution in [3.63, 3.8) is 0 Å². The number of benzene rings is 2. The van der Waals surface area contributed by atoms with Gasteiger partial charge < -0.3 is 5.11 Å². The van der Waals surface area contributed by atoms with Gasteiger partial charge in [-0.05, 0) is 49.1 Å². The Balaban J connectivity index is 1.88. The van der Waals surface area contributed by atoms with Crippen molar-refractivity contribution in [3.8, 4) is 0 Å². The van der Waals surface area contributed by atoms with Crippen LogP contribution in [0.4, 0.5) is 5.69 Å². The number of aryl methyl sites for hydroxylation is 1. The van der Waals surface area contributed by atoms with Gasteiger partial charge in [-0.2, -0.15) is 0 Å². The van der Waals surface area contributed by atoms with E-state index in [1.807, 2.05) is 31.2 Å². The summed E-state index contributed by atoms with van der Waals surface area (Å²) in [5.41, 5.74) is 4.14. The van der Waals surface area contributed by atoms with Crippen LogP contribution in [0.2, 0.25) is 0 Å². The lowest BCUT2D eigenvalue weighted by molar-refractivity contribution is -0.119. The quantitative estimate of drug-likeness (QED) is 0.872. The van der Waals surface area contributed by atoms with Gasteiger partial charge in [0.25, 0.3) is 0 Å². The first kappa shape index (κ1) is 18.2. The highest BCUT2D eigenvalue weighted by atomic mass is 16.4. The summed E-state index contributed by atoms with van der Waals surface area (Å²) in [5.74, 6) is -1.31. The Morgan fingerprint density at radius 2 is 1.86 bits per heavy atom. The Kier molecular flexibility index (Phi) is 4.59. The van der Waals surface area contributed by atoms with E-state index in [9.17, 15) is 19.5 Å². The van der Waals surface area contributed by atoms with Crippen LogP contribution in [-0.4, -0.2) is 22.8 Å². The van der Waals surface area contributed by atoms with Crippen LogP contribution in [0.3, 0.4) is 0 Å². The van der Waals surface area contributed by atoms with E-state index in [1.54, 1.807) is 17.0 Å². The number of aromatic carboxylic acids is 1. The summed E-state index contributed by atoms with van der Waals surface area (Å²) < 4.78 is 0. The molecule has 4 rings (SSSR count). The zero-order valence-electron chi connectivity index (χ0n) is 15.6. The molecule has 1 amide bonds. The molecule has 5 heteroatoms. The van der Waals surface area contributed by atoms with E-state index < -0.39 is 5.97 Å². The van der Waals surface area contributed by atoms with E-state index in [0.717, 1.165) is 16.8 Å². The van der Waals surface area contributed by atoms with E-state index in [4.69, 9.17) is 0 Å². The summed E-state index contributed by atoms with van der Waals surface area (Å²) in [7, 11) is 0. The molecule has 1 unspecified atom stereocenters. The van der Waals surface area contributed by atoms with Crippen LogP contribution in [0.15, 0.2) is 59.8 Å². The summed E-state index contributed by atoms with van der Waals surface area (Å²) in [6, 6.07) is 14.2. The van der Waals surface area contributed by atoms with Crippen molar-refractivity contribution in [2.24, 2.45) is 0 Å². The van der Waals surface area contributed by atoms with Gasteiger partial charge in [-0.15, -0.1) is 0 Å². The first-order chi connectivity index (χ1) is 13.5. The number of amides is 1. The molecule has 1 N–H and O–H groups in total. The molecule has 2 aliphatic rings. The third kappa shape index (κ3) is 3.03. The maximum atomic E-state index is 13.2. The number of carbonyl (C=O) groups excluding carboxylic acids is 2. The molecular formula is C23H21NO4. The molecule has 142 valence electrons. The number of carbonyl (C=O) groups is 3. The van der Waals surface area contributed by atoms with Crippen LogP contribution in [-0.2, 0) is 9.59 Å². The largest absolute Gasteiger partial charge is 0.478 e. The summed E-state index contributed by atoms with van der Waals surface area (Å²) >= 11 is 0. The first-order valence-electron chi connectivity index (χ1n) is 9.45. The number of carboxylic acid groups (broad SMARTS) is 1. The lowest BCUT2D eigenvalue weighted by Gasteiger charge is -2.38. The monoisotopic (exact) mass is 375 g/mol. The number of nitrogens with zero attached hydrogens (tertiary/aromatic N) is 1. The molecule has 0 bridgehead atoms. The Morgan fingerprint density at radius 1 is 1.07 bits per heavy atom. The number of rotatable bonds is 3. The minimum atomic E-state index is -1.04. The number of allylic oxidation sites excluding steroid dienone is 2. The van der Waals surface area contributed by atoms with Crippen molar-refractivity contribution in [1.29, 1.82) is 0 Å². The highest BCUT2D eigenvalue weighted by molar-refractivity contribution is 6.07. The van der Waals surface area contributed by atoms with Crippen molar-refractivity contribution >= 4 is 23.3 Å². The molecule has 1 aliphatic carbocycles. The number of hydrogen-bond acceptors (Lipinski definition) is 3. The molecule has 0 radical (unpaired) electrons. The van der Waals surface area contributed by atoms with Gasteiger partial charge in [0.05, 0.1) is 5.56 Å². The van der Waals surface area contributed by atoms with Crippen molar-refractivity contribution in [1.82, 2.24) is 0 Å². The second kappa shape index (κ2) is 7.08. The molecule has 0 saturated heterocycles.